The average Bonchev–Trinajstić information content (AvgIpc) is 3.28. The number of nitrogens with zero attached hydrogens (tertiary/aromatic N) is 1. The Balaban J connectivity index is 1.81. The molecular weight excluding hydrogens is 371 g/mol. The van der Waals surface area contributed by atoms with Gasteiger partial charge in [-0.1, -0.05) is 18.9 Å². The molecule has 0 bridgehead atoms. The molecule has 27 heavy (non-hydrogen) atoms. The van der Waals surface area contributed by atoms with Crippen LogP contribution in [0.2, 0.25) is 0 Å². The van der Waals surface area contributed by atoms with E-state index < -0.39 is 23.7 Å². The maximum atomic E-state index is 13.9. The molecule has 0 saturated heterocycles. The quantitative estimate of drug-likeness (QED) is 0.780. The van der Waals surface area contributed by atoms with Gasteiger partial charge in [0, 0.05) is 5.92 Å². The van der Waals surface area contributed by atoms with Gasteiger partial charge in [-0.05, 0) is 37.5 Å². The van der Waals surface area contributed by atoms with Gasteiger partial charge in [-0.25, -0.2) is 14.2 Å². The SMILES string of the molecule is COc1ccc(C(NC(=O)c2sc(C3CCCC3)nc2C)C(=O)O)cc1F. The van der Waals surface area contributed by atoms with Gasteiger partial charge < -0.3 is 15.2 Å². The minimum atomic E-state index is -1.37. The smallest absolute Gasteiger partial charge is 0.330 e. The Morgan fingerprint density at radius 3 is 2.67 bits per heavy atom. The van der Waals surface area contributed by atoms with E-state index in [0.717, 1.165) is 36.8 Å². The number of methoxy groups -OCH3 is 1. The molecule has 2 N–H and O–H groups in total. The van der Waals surface area contributed by atoms with E-state index in [2.05, 4.69) is 10.3 Å². The number of carboxylic acid groups (broad SMARTS) is 1. The number of benzene rings is 1. The molecule has 8 heteroatoms. The van der Waals surface area contributed by atoms with Crippen LogP contribution in [0.3, 0.4) is 0 Å². The molecule has 1 amide bonds. The number of aryl methyl sites for hydroxylation is 1. The zero-order chi connectivity index (χ0) is 19.6. The van der Waals surface area contributed by atoms with E-state index in [-0.39, 0.29) is 11.3 Å². The number of rotatable bonds is 6. The van der Waals surface area contributed by atoms with Gasteiger partial charge in [0.25, 0.3) is 5.91 Å². The molecular formula is C19H21FN2O4S. The second-order valence-corrected chi connectivity index (χ2v) is 7.62. The first kappa shape index (κ1) is 19.3. The normalized spacial score (nSPS) is 15.5. The molecule has 0 spiro atoms. The third-order valence-electron chi connectivity index (χ3n) is 4.76. The summed E-state index contributed by atoms with van der Waals surface area (Å²) in [4.78, 5) is 29.2. The molecule has 1 fully saturated rings. The van der Waals surface area contributed by atoms with Crippen LogP contribution in [-0.2, 0) is 4.79 Å². The number of carboxylic acids is 1. The Labute approximate surface area is 160 Å². The molecule has 2 aromatic rings. The van der Waals surface area contributed by atoms with Crippen molar-refractivity contribution in [1.29, 1.82) is 0 Å². The Morgan fingerprint density at radius 1 is 1.37 bits per heavy atom. The summed E-state index contributed by atoms with van der Waals surface area (Å²) in [5, 5.41) is 12.9. The van der Waals surface area contributed by atoms with Gasteiger partial charge in [0.05, 0.1) is 17.8 Å². The fourth-order valence-electron chi connectivity index (χ4n) is 3.32. The van der Waals surface area contributed by atoms with Crippen molar-refractivity contribution in [1.82, 2.24) is 10.3 Å². The molecule has 144 valence electrons. The van der Waals surface area contributed by atoms with Crippen LogP contribution in [0.1, 0.15) is 63.6 Å². The minimum absolute atomic E-state index is 0.00808. The standard InChI is InChI=1S/C19H21FN2O4S/c1-10-16(27-18(21-10)11-5-3-4-6-11)17(23)22-15(19(24)25)12-7-8-14(26-2)13(20)9-12/h7-9,11,15H,3-6H2,1-2H3,(H,22,23)(H,24,25). The van der Waals surface area contributed by atoms with Crippen molar-refractivity contribution in [3.63, 3.8) is 0 Å². The van der Waals surface area contributed by atoms with Crippen molar-refractivity contribution >= 4 is 23.2 Å². The van der Waals surface area contributed by atoms with Crippen molar-refractivity contribution in [3.8, 4) is 5.75 Å². The lowest BCUT2D eigenvalue weighted by Crippen LogP contribution is -2.33. The van der Waals surface area contributed by atoms with Crippen LogP contribution < -0.4 is 10.1 Å². The number of amides is 1. The first-order valence-corrected chi connectivity index (χ1v) is 9.56. The summed E-state index contributed by atoms with van der Waals surface area (Å²) in [6.45, 7) is 1.74. The maximum Gasteiger partial charge on any atom is 0.330 e. The van der Waals surface area contributed by atoms with Gasteiger partial charge in [0.1, 0.15) is 4.88 Å². The van der Waals surface area contributed by atoms with Crippen molar-refractivity contribution in [2.75, 3.05) is 7.11 Å². The Kier molecular flexibility index (Phi) is 5.74. The predicted octanol–water partition coefficient (Wildman–Crippen LogP) is 3.81. The molecule has 0 aliphatic heterocycles. The summed E-state index contributed by atoms with van der Waals surface area (Å²) in [5.41, 5.74) is 0.719. The summed E-state index contributed by atoms with van der Waals surface area (Å²) in [6.07, 6.45) is 4.46. The van der Waals surface area contributed by atoms with E-state index in [1.165, 1.54) is 30.6 Å². The lowest BCUT2D eigenvalue weighted by molar-refractivity contribution is -0.139. The minimum Gasteiger partial charge on any atom is -0.494 e. The molecule has 1 aliphatic rings. The molecule has 1 saturated carbocycles. The maximum absolute atomic E-state index is 13.9. The van der Waals surface area contributed by atoms with Gasteiger partial charge >= 0.3 is 5.97 Å². The largest absolute Gasteiger partial charge is 0.494 e. The Morgan fingerprint density at radius 2 is 2.07 bits per heavy atom. The molecule has 1 atom stereocenters. The summed E-state index contributed by atoms with van der Waals surface area (Å²) < 4.78 is 18.8. The molecule has 0 radical (unpaired) electrons. The monoisotopic (exact) mass is 392 g/mol. The highest BCUT2D eigenvalue weighted by molar-refractivity contribution is 7.13. The van der Waals surface area contributed by atoms with Crippen molar-refractivity contribution < 1.29 is 23.8 Å². The molecule has 1 unspecified atom stereocenters. The van der Waals surface area contributed by atoms with Gasteiger partial charge in [-0.15, -0.1) is 11.3 Å². The van der Waals surface area contributed by atoms with Crippen molar-refractivity contribution in [2.24, 2.45) is 0 Å². The van der Waals surface area contributed by atoms with Crippen molar-refractivity contribution in [3.05, 3.63) is 45.2 Å². The number of ether oxygens (including phenoxy) is 1. The van der Waals surface area contributed by atoms with E-state index >= 15 is 0 Å². The number of halogens is 1. The lowest BCUT2D eigenvalue weighted by atomic mass is 10.1. The summed E-state index contributed by atoms with van der Waals surface area (Å²) in [7, 11) is 1.32. The number of hydrogen-bond acceptors (Lipinski definition) is 5. The van der Waals surface area contributed by atoms with Crippen LogP contribution in [0.5, 0.6) is 5.75 Å². The predicted molar refractivity (Wildman–Crippen MR) is 98.9 cm³/mol. The molecule has 1 aliphatic carbocycles. The van der Waals surface area contributed by atoms with Gasteiger partial charge in [-0.3, -0.25) is 4.79 Å². The lowest BCUT2D eigenvalue weighted by Gasteiger charge is -2.15. The van der Waals surface area contributed by atoms with Crippen LogP contribution in [0.25, 0.3) is 0 Å². The zero-order valence-electron chi connectivity index (χ0n) is 15.1. The van der Waals surface area contributed by atoms with Crippen LogP contribution in [0.4, 0.5) is 4.39 Å². The van der Waals surface area contributed by atoms with Crippen molar-refractivity contribution in [2.45, 2.75) is 44.6 Å². The number of aliphatic carboxylic acids is 1. The summed E-state index contributed by atoms with van der Waals surface area (Å²) >= 11 is 1.31. The molecule has 1 heterocycles. The van der Waals surface area contributed by atoms with Gasteiger partial charge in [0.2, 0.25) is 0 Å². The number of aromatic nitrogens is 1. The topological polar surface area (TPSA) is 88.5 Å². The van der Waals surface area contributed by atoms with E-state index in [1.54, 1.807) is 6.92 Å². The highest BCUT2D eigenvalue weighted by Crippen LogP contribution is 2.37. The van der Waals surface area contributed by atoms with E-state index in [9.17, 15) is 19.1 Å². The fraction of sp³-hybridized carbons (Fsp3) is 0.421. The average molecular weight is 392 g/mol. The first-order chi connectivity index (χ1) is 12.9. The fourth-order valence-corrected chi connectivity index (χ4v) is 4.46. The third kappa shape index (κ3) is 4.10. The summed E-state index contributed by atoms with van der Waals surface area (Å²) in [6, 6.07) is 2.45. The Bertz CT molecular complexity index is 861. The number of carbonyl (C=O) groups excluding carboxylic acids is 1. The highest BCUT2D eigenvalue weighted by atomic mass is 32.1. The van der Waals surface area contributed by atoms with Gasteiger partial charge in [0.15, 0.2) is 17.6 Å². The van der Waals surface area contributed by atoms with Crippen LogP contribution in [0, 0.1) is 12.7 Å². The van der Waals surface area contributed by atoms with E-state index in [0.29, 0.717) is 16.5 Å². The second-order valence-electron chi connectivity index (χ2n) is 6.59. The van der Waals surface area contributed by atoms with Crippen LogP contribution >= 0.6 is 11.3 Å². The molecule has 6 nitrogen and oxygen atoms in total. The number of carbonyl (C=O) groups is 2. The molecule has 1 aromatic carbocycles. The third-order valence-corrected chi connectivity index (χ3v) is 6.07. The highest BCUT2D eigenvalue weighted by Gasteiger charge is 2.28. The first-order valence-electron chi connectivity index (χ1n) is 8.75. The zero-order valence-corrected chi connectivity index (χ0v) is 15.9. The van der Waals surface area contributed by atoms with E-state index in [1.807, 2.05) is 0 Å². The second kappa shape index (κ2) is 8.04. The molecule has 1 aromatic heterocycles. The van der Waals surface area contributed by atoms with Crippen LogP contribution in [0.15, 0.2) is 18.2 Å². The van der Waals surface area contributed by atoms with E-state index in [4.69, 9.17) is 4.74 Å². The Hall–Kier alpha value is -2.48. The summed E-state index contributed by atoms with van der Waals surface area (Å²) in [5.74, 6) is -2.09. The number of thiazole rings is 1. The number of hydrogen-bond donors (Lipinski definition) is 2. The number of nitrogens with one attached hydrogen (secondary N) is 1. The van der Waals surface area contributed by atoms with Crippen LogP contribution in [-0.4, -0.2) is 29.1 Å². The van der Waals surface area contributed by atoms with Gasteiger partial charge in [-0.2, -0.15) is 0 Å². The molecule has 3 rings (SSSR count).